The van der Waals surface area contributed by atoms with Crippen LogP contribution in [0.15, 0.2) is 71.9 Å². The van der Waals surface area contributed by atoms with Crippen molar-refractivity contribution in [2.24, 2.45) is 0 Å². The van der Waals surface area contributed by atoms with Crippen LogP contribution in [0, 0.1) is 0 Å². The number of hydrogen-bond acceptors (Lipinski definition) is 3. The maximum absolute atomic E-state index is 13.0. The van der Waals surface area contributed by atoms with Crippen LogP contribution in [0.2, 0.25) is 0 Å². The van der Waals surface area contributed by atoms with E-state index in [9.17, 15) is 18.0 Å². The van der Waals surface area contributed by atoms with Crippen molar-refractivity contribution in [2.75, 3.05) is 0 Å². The predicted octanol–water partition coefficient (Wildman–Crippen LogP) is 4.07. The molecule has 0 aliphatic heterocycles. The minimum Gasteiger partial charge on any atom is -0.267 e. The summed E-state index contributed by atoms with van der Waals surface area (Å²) in [7, 11) is 0. The number of fused-ring (bicyclic) bond motifs is 1. The fourth-order valence-corrected chi connectivity index (χ4v) is 2.81. The van der Waals surface area contributed by atoms with Gasteiger partial charge in [0.15, 0.2) is 5.65 Å². The van der Waals surface area contributed by atoms with Gasteiger partial charge in [0, 0.05) is 30.7 Å². The molecule has 4 rings (SSSR count). The molecule has 0 aliphatic carbocycles. The third kappa shape index (κ3) is 3.44. The highest BCUT2D eigenvalue weighted by Crippen LogP contribution is 2.30. The Kier molecular flexibility index (Phi) is 4.31. The number of pyridine rings is 1. The number of hydrogen-bond donors (Lipinski definition) is 0. The lowest BCUT2D eigenvalue weighted by Gasteiger charge is -2.10. The lowest BCUT2D eigenvalue weighted by molar-refractivity contribution is -0.137. The van der Waals surface area contributed by atoms with Crippen LogP contribution in [0.3, 0.4) is 0 Å². The van der Waals surface area contributed by atoms with Gasteiger partial charge in [-0.05, 0) is 35.9 Å². The Morgan fingerprint density at radius 2 is 1.86 bits per heavy atom. The van der Waals surface area contributed by atoms with Gasteiger partial charge in [0.25, 0.3) is 5.56 Å². The van der Waals surface area contributed by atoms with Gasteiger partial charge >= 0.3 is 6.18 Å². The summed E-state index contributed by atoms with van der Waals surface area (Å²) >= 11 is 0. The zero-order chi connectivity index (χ0) is 19.7. The molecule has 0 saturated carbocycles. The first-order valence-corrected chi connectivity index (χ1v) is 8.29. The molecule has 8 heteroatoms. The minimum absolute atomic E-state index is 0.215. The van der Waals surface area contributed by atoms with Crippen LogP contribution in [0.1, 0.15) is 16.8 Å². The summed E-state index contributed by atoms with van der Waals surface area (Å²) in [6.45, 7) is 0. The molecule has 0 radical (unpaired) electrons. The van der Waals surface area contributed by atoms with Gasteiger partial charge in [-0.25, -0.2) is 4.98 Å². The molecule has 3 heterocycles. The monoisotopic (exact) mass is 382 g/mol. The second-order valence-electron chi connectivity index (χ2n) is 6.02. The smallest absolute Gasteiger partial charge is 0.267 e. The Bertz CT molecular complexity index is 1220. The molecule has 0 saturated heterocycles. The van der Waals surface area contributed by atoms with Gasteiger partial charge in [0.05, 0.1) is 16.9 Å². The molecule has 3 aromatic heterocycles. The first kappa shape index (κ1) is 17.7. The molecule has 140 valence electrons. The molecule has 0 fully saturated rings. The van der Waals surface area contributed by atoms with Gasteiger partial charge in [0.1, 0.15) is 0 Å². The van der Waals surface area contributed by atoms with Crippen molar-refractivity contribution >= 4 is 17.8 Å². The van der Waals surface area contributed by atoms with Gasteiger partial charge in [-0.1, -0.05) is 18.2 Å². The largest absolute Gasteiger partial charge is 0.416 e. The number of alkyl halides is 3. The summed E-state index contributed by atoms with van der Waals surface area (Å²) in [6, 6.07) is 11.3. The highest BCUT2D eigenvalue weighted by molar-refractivity contribution is 5.68. The molecule has 0 spiro atoms. The van der Waals surface area contributed by atoms with Crippen molar-refractivity contribution in [3.8, 4) is 5.69 Å². The summed E-state index contributed by atoms with van der Waals surface area (Å²) in [5.74, 6) is 0. The van der Waals surface area contributed by atoms with Crippen molar-refractivity contribution in [1.29, 1.82) is 0 Å². The Morgan fingerprint density at radius 3 is 2.61 bits per heavy atom. The zero-order valence-electron chi connectivity index (χ0n) is 14.3. The molecular weight excluding hydrogens is 369 g/mol. The van der Waals surface area contributed by atoms with Crippen molar-refractivity contribution in [2.45, 2.75) is 6.18 Å². The lowest BCUT2D eigenvalue weighted by Crippen LogP contribution is -2.20. The summed E-state index contributed by atoms with van der Waals surface area (Å²) in [5.41, 5.74) is 0.645. The maximum atomic E-state index is 13.0. The molecule has 0 bridgehead atoms. The highest BCUT2D eigenvalue weighted by Gasteiger charge is 2.30. The number of halogens is 3. The summed E-state index contributed by atoms with van der Waals surface area (Å²) in [4.78, 5) is 21.0. The van der Waals surface area contributed by atoms with Crippen LogP contribution in [0.5, 0.6) is 0 Å². The normalized spacial score (nSPS) is 12.1. The van der Waals surface area contributed by atoms with E-state index in [1.165, 1.54) is 33.6 Å². The average Bonchev–Trinajstić information content (AvgIpc) is 3.11. The molecule has 0 N–H and O–H groups in total. The number of aromatic nitrogens is 4. The number of benzene rings is 1. The van der Waals surface area contributed by atoms with Gasteiger partial charge in [-0.2, -0.15) is 17.7 Å². The molecule has 4 aromatic rings. The highest BCUT2D eigenvalue weighted by atomic mass is 19.4. The second kappa shape index (κ2) is 6.80. The van der Waals surface area contributed by atoms with E-state index in [1.54, 1.807) is 36.7 Å². The van der Waals surface area contributed by atoms with Crippen molar-refractivity contribution in [3.63, 3.8) is 0 Å². The van der Waals surface area contributed by atoms with Crippen LogP contribution < -0.4 is 5.56 Å². The number of rotatable bonds is 3. The zero-order valence-corrected chi connectivity index (χ0v) is 14.3. The molecule has 5 nitrogen and oxygen atoms in total. The van der Waals surface area contributed by atoms with Crippen molar-refractivity contribution in [1.82, 2.24) is 19.2 Å². The lowest BCUT2D eigenvalue weighted by atomic mass is 10.2. The summed E-state index contributed by atoms with van der Waals surface area (Å²) in [6.07, 6.45) is 3.83. The van der Waals surface area contributed by atoms with Crippen LogP contribution >= 0.6 is 0 Å². The van der Waals surface area contributed by atoms with Crippen LogP contribution in [-0.2, 0) is 6.18 Å². The number of nitrogens with zero attached hydrogens (tertiary/aromatic N) is 4. The van der Waals surface area contributed by atoms with Gasteiger partial charge in [-0.3, -0.25) is 14.5 Å². The molecule has 0 aliphatic rings. The minimum atomic E-state index is -4.47. The van der Waals surface area contributed by atoms with Gasteiger partial charge in [-0.15, -0.1) is 0 Å². The van der Waals surface area contributed by atoms with Crippen LogP contribution in [0.4, 0.5) is 13.2 Å². The Balaban J connectivity index is 1.76. The van der Waals surface area contributed by atoms with E-state index in [0.717, 1.165) is 17.7 Å². The SMILES string of the molecule is O=c1cc(/C=C/c2cccnc2)nc2ccn(-c3cccc(C(F)(F)F)c3)n12. The van der Waals surface area contributed by atoms with Crippen LogP contribution in [-0.4, -0.2) is 19.2 Å². The topological polar surface area (TPSA) is 52.2 Å². The Morgan fingerprint density at radius 1 is 1.00 bits per heavy atom. The molecular formula is C20H13F3N4O. The third-order valence-electron chi connectivity index (χ3n) is 4.09. The van der Waals surface area contributed by atoms with E-state index in [4.69, 9.17) is 0 Å². The third-order valence-corrected chi connectivity index (χ3v) is 4.09. The van der Waals surface area contributed by atoms with E-state index in [1.807, 2.05) is 6.07 Å². The van der Waals surface area contributed by atoms with E-state index in [0.29, 0.717) is 11.3 Å². The fourth-order valence-electron chi connectivity index (χ4n) is 2.81. The standard InChI is InChI=1S/C20H13F3N4O/c21-20(22,23)15-4-1-5-17(11-15)26-10-8-18-25-16(12-19(28)27(18)26)7-6-14-3-2-9-24-13-14/h1-13H/b7-6+. The van der Waals surface area contributed by atoms with Crippen molar-refractivity contribution < 1.29 is 13.2 Å². The Labute approximate surface area is 157 Å². The van der Waals surface area contributed by atoms with E-state index in [2.05, 4.69) is 9.97 Å². The molecule has 0 amide bonds. The Hall–Kier alpha value is -3.68. The van der Waals surface area contributed by atoms with Gasteiger partial charge < -0.3 is 0 Å². The average molecular weight is 382 g/mol. The maximum Gasteiger partial charge on any atom is 0.416 e. The molecule has 0 atom stereocenters. The first-order chi connectivity index (χ1) is 13.4. The van der Waals surface area contributed by atoms with Crippen LogP contribution in [0.25, 0.3) is 23.5 Å². The predicted molar refractivity (Wildman–Crippen MR) is 99.0 cm³/mol. The second-order valence-corrected chi connectivity index (χ2v) is 6.02. The summed E-state index contributed by atoms with van der Waals surface area (Å²) in [5, 5.41) is 0. The summed E-state index contributed by atoms with van der Waals surface area (Å²) < 4.78 is 41.5. The van der Waals surface area contributed by atoms with Gasteiger partial charge in [0.2, 0.25) is 0 Å². The van der Waals surface area contributed by atoms with E-state index < -0.39 is 17.3 Å². The fraction of sp³-hybridized carbons (Fsp3) is 0.0500. The van der Waals surface area contributed by atoms with Crippen molar-refractivity contribution in [3.05, 3.63) is 94.3 Å². The quantitative estimate of drug-likeness (QED) is 0.537. The molecule has 0 unspecified atom stereocenters. The van der Waals surface area contributed by atoms with E-state index >= 15 is 0 Å². The van der Waals surface area contributed by atoms with E-state index in [-0.39, 0.29) is 5.69 Å². The first-order valence-electron chi connectivity index (χ1n) is 8.29. The molecule has 28 heavy (non-hydrogen) atoms. The molecule has 1 aromatic carbocycles.